The molecule has 0 saturated carbocycles. The van der Waals surface area contributed by atoms with Gasteiger partial charge in [-0.1, -0.05) is 36.4 Å². The normalized spacial score (nSPS) is 14.4. The highest BCUT2D eigenvalue weighted by Gasteiger charge is 2.21. The molecule has 3 heterocycles. The number of nitrogens with zero attached hydrogens (tertiary/aromatic N) is 4. The van der Waals surface area contributed by atoms with Gasteiger partial charge in [0.2, 0.25) is 5.91 Å². The van der Waals surface area contributed by atoms with Gasteiger partial charge < -0.3 is 10.2 Å². The molecular weight excluding hydrogens is 422 g/mol. The predicted octanol–water partition coefficient (Wildman–Crippen LogP) is 5.05. The molecule has 1 aliphatic heterocycles. The first kappa shape index (κ1) is 21.6. The fourth-order valence-corrected chi connectivity index (χ4v) is 4.23. The largest absolute Gasteiger partial charge is 0.382 e. The molecule has 34 heavy (non-hydrogen) atoms. The number of carbonyl (C=O) groups excluding carboxylic acids is 1. The fraction of sp³-hybridized carbons (Fsp3) is 0.179. The number of benzene rings is 2. The van der Waals surface area contributed by atoms with Gasteiger partial charge in [0.1, 0.15) is 5.69 Å². The number of anilines is 1. The molecule has 1 N–H and O–H groups in total. The van der Waals surface area contributed by atoms with Gasteiger partial charge in [-0.05, 0) is 55.3 Å². The Kier molecular flexibility index (Phi) is 6.47. The molecule has 6 heteroatoms. The van der Waals surface area contributed by atoms with Crippen LogP contribution < -0.4 is 5.32 Å². The first-order valence-electron chi connectivity index (χ1n) is 11.6. The minimum atomic E-state index is 0.0303. The number of likely N-dealkylation sites (tertiary alicyclic amines) is 1. The van der Waals surface area contributed by atoms with E-state index >= 15 is 0 Å². The number of carbonyl (C=O) groups is 1. The molecule has 0 atom stereocenters. The highest BCUT2D eigenvalue weighted by Crippen LogP contribution is 2.24. The van der Waals surface area contributed by atoms with Gasteiger partial charge in [-0.3, -0.25) is 9.78 Å². The van der Waals surface area contributed by atoms with Gasteiger partial charge in [-0.15, -0.1) is 0 Å². The molecule has 1 amide bonds. The zero-order valence-corrected chi connectivity index (χ0v) is 18.9. The van der Waals surface area contributed by atoms with Crippen LogP contribution in [0.25, 0.3) is 23.0 Å². The van der Waals surface area contributed by atoms with E-state index in [2.05, 4.69) is 22.4 Å². The zero-order chi connectivity index (χ0) is 23.2. The maximum absolute atomic E-state index is 12.9. The van der Waals surface area contributed by atoms with Crippen LogP contribution in [0.1, 0.15) is 18.4 Å². The average Bonchev–Trinajstić information content (AvgIpc) is 3.34. The number of amides is 1. The summed E-state index contributed by atoms with van der Waals surface area (Å²) in [5.74, 6) is 0.0303. The number of aromatic nitrogens is 3. The summed E-state index contributed by atoms with van der Waals surface area (Å²) in [6.07, 6.45) is 10.9. The molecule has 1 aliphatic rings. The van der Waals surface area contributed by atoms with Gasteiger partial charge in [0, 0.05) is 60.6 Å². The number of rotatable bonds is 6. The third-order valence-corrected chi connectivity index (χ3v) is 6.05. The van der Waals surface area contributed by atoms with E-state index in [0.29, 0.717) is 6.04 Å². The lowest BCUT2D eigenvalue weighted by molar-refractivity contribution is -0.126. The molecular formula is C28H27N5O. The summed E-state index contributed by atoms with van der Waals surface area (Å²) >= 11 is 0. The van der Waals surface area contributed by atoms with Crippen molar-refractivity contribution >= 4 is 17.7 Å². The van der Waals surface area contributed by atoms with Gasteiger partial charge >= 0.3 is 0 Å². The molecule has 1 fully saturated rings. The van der Waals surface area contributed by atoms with E-state index in [0.717, 1.165) is 54.1 Å². The van der Waals surface area contributed by atoms with E-state index in [1.54, 1.807) is 18.5 Å². The number of para-hydroxylation sites is 2. The monoisotopic (exact) mass is 449 g/mol. The van der Waals surface area contributed by atoms with Crippen LogP contribution in [-0.2, 0) is 4.79 Å². The van der Waals surface area contributed by atoms with Gasteiger partial charge in [0.05, 0.1) is 5.69 Å². The summed E-state index contributed by atoms with van der Waals surface area (Å²) in [6.45, 7) is 1.48. The van der Waals surface area contributed by atoms with Gasteiger partial charge in [0.15, 0.2) is 0 Å². The molecule has 0 bridgehead atoms. The van der Waals surface area contributed by atoms with E-state index < -0.39 is 0 Å². The molecule has 0 spiro atoms. The van der Waals surface area contributed by atoms with Gasteiger partial charge in [-0.25, -0.2) is 4.68 Å². The average molecular weight is 450 g/mol. The van der Waals surface area contributed by atoms with Crippen molar-refractivity contribution in [2.45, 2.75) is 18.9 Å². The molecule has 5 rings (SSSR count). The smallest absolute Gasteiger partial charge is 0.246 e. The molecule has 1 saturated heterocycles. The topological polar surface area (TPSA) is 63.1 Å². The van der Waals surface area contributed by atoms with Crippen LogP contribution in [0, 0.1) is 0 Å². The second-order valence-corrected chi connectivity index (χ2v) is 8.40. The molecule has 6 nitrogen and oxygen atoms in total. The minimum Gasteiger partial charge on any atom is -0.382 e. The maximum atomic E-state index is 12.9. The van der Waals surface area contributed by atoms with E-state index in [-0.39, 0.29) is 5.91 Å². The van der Waals surface area contributed by atoms with Crippen LogP contribution in [0.5, 0.6) is 0 Å². The Hall–Kier alpha value is -4.19. The number of nitrogens with one attached hydrogen (secondary N) is 1. The fourth-order valence-electron chi connectivity index (χ4n) is 4.23. The van der Waals surface area contributed by atoms with Crippen LogP contribution in [0.4, 0.5) is 5.69 Å². The first-order valence-corrected chi connectivity index (χ1v) is 11.6. The van der Waals surface area contributed by atoms with Crippen molar-refractivity contribution < 1.29 is 4.79 Å². The zero-order valence-electron chi connectivity index (χ0n) is 18.9. The Morgan fingerprint density at radius 3 is 2.38 bits per heavy atom. The molecule has 170 valence electrons. The van der Waals surface area contributed by atoms with Crippen molar-refractivity contribution in [3.8, 4) is 16.9 Å². The van der Waals surface area contributed by atoms with Gasteiger partial charge in [0.25, 0.3) is 0 Å². The third kappa shape index (κ3) is 5.07. The van der Waals surface area contributed by atoms with Crippen molar-refractivity contribution in [3.63, 3.8) is 0 Å². The van der Waals surface area contributed by atoms with E-state index in [1.165, 1.54) is 0 Å². The third-order valence-electron chi connectivity index (χ3n) is 6.05. The lowest BCUT2D eigenvalue weighted by Gasteiger charge is -2.32. The SMILES string of the molecule is O=C(C=Cc1cn(-c2ccccc2)nc1-c1cccnc1)N1CCC(Nc2ccccc2)CC1. The van der Waals surface area contributed by atoms with Gasteiger partial charge in [-0.2, -0.15) is 5.10 Å². The lowest BCUT2D eigenvalue weighted by atomic mass is 10.0. The predicted molar refractivity (Wildman–Crippen MR) is 135 cm³/mol. The molecule has 0 radical (unpaired) electrons. The summed E-state index contributed by atoms with van der Waals surface area (Å²) < 4.78 is 1.84. The Labute approximate surface area is 199 Å². The highest BCUT2D eigenvalue weighted by atomic mass is 16.2. The number of pyridine rings is 1. The van der Waals surface area contributed by atoms with Crippen LogP contribution >= 0.6 is 0 Å². The Morgan fingerprint density at radius 2 is 1.68 bits per heavy atom. The minimum absolute atomic E-state index is 0.0303. The summed E-state index contributed by atoms with van der Waals surface area (Å²) in [4.78, 5) is 19.1. The molecule has 4 aromatic rings. The van der Waals surface area contributed by atoms with E-state index in [1.807, 2.05) is 82.5 Å². The summed E-state index contributed by atoms with van der Waals surface area (Å²) in [7, 11) is 0. The highest BCUT2D eigenvalue weighted by molar-refractivity contribution is 5.93. The van der Waals surface area contributed by atoms with Crippen LogP contribution in [-0.4, -0.2) is 44.7 Å². The van der Waals surface area contributed by atoms with Crippen molar-refractivity contribution in [3.05, 3.63) is 103 Å². The van der Waals surface area contributed by atoms with E-state index in [4.69, 9.17) is 5.10 Å². The van der Waals surface area contributed by atoms with E-state index in [9.17, 15) is 4.79 Å². The van der Waals surface area contributed by atoms with Crippen molar-refractivity contribution in [2.75, 3.05) is 18.4 Å². The maximum Gasteiger partial charge on any atom is 0.246 e. The first-order chi connectivity index (χ1) is 16.8. The quantitative estimate of drug-likeness (QED) is 0.419. The summed E-state index contributed by atoms with van der Waals surface area (Å²) in [5, 5.41) is 8.35. The van der Waals surface area contributed by atoms with Crippen molar-refractivity contribution in [1.82, 2.24) is 19.7 Å². The Morgan fingerprint density at radius 1 is 0.941 bits per heavy atom. The number of hydrogen-bond donors (Lipinski definition) is 1. The van der Waals surface area contributed by atoms with Crippen molar-refractivity contribution in [1.29, 1.82) is 0 Å². The Bertz CT molecular complexity index is 1240. The molecule has 2 aromatic carbocycles. The number of piperidine rings is 1. The molecule has 2 aromatic heterocycles. The summed E-state index contributed by atoms with van der Waals surface area (Å²) in [5.41, 5.74) is 4.69. The van der Waals surface area contributed by atoms with Crippen LogP contribution in [0.3, 0.4) is 0 Å². The standard InChI is InChI=1S/C28H27N5O/c34-27(32-18-15-25(16-19-32)30-24-9-3-1-4-10-24)14-13-23-21-33(26-11-5-2-6-12-26)31-28(23)22-8-7-17-29-20-22/h1-14,17,20-21,25,30H,15-16,18-19H2. The molecule has 0 unspecified atom stereocenters. The summed E-state index contributed by atoms with van der Waals surface area (Å²) in [6, 6.07) is 24.5. The van der Waals surface area contributed by atoms with Crippen molar-refractivity contribution in [2.24, 2.45) is 0 Å². The van der Waals surface area contributed by atoms with Crippen LogP contribution in [0.2, 0.25) is 0 Å². The van der Waals surface area contributed by atoms with Crippen LogP contribution in [0.15, 0.2) is 97.5 Å². The number of hydrogen-bond acceptors (Lipinski definition) is 4. The second-order valence-electron chi connectivity index (χ2n) is 8.40. The lowest BCUT2D eigenvalue weighted by Crippen LogP contribution is -2.41. The second kappa shape index (κ2) is 10.2. The molecule has 0 aliphatic carbocycles. The Balaban J connectivity index is 1.29.